The van der Waals surface area contributed by atoms with Crippen LogP contribution in [0.15, 0.2) is 29.1 Å². The van der Waals surface area contributed by atoms with Crippen molar-refractivity contribution in [1.82, 2.24) is 5.16 Å². The van der Waals surface area contributed by atoms with E-state index in [4.69, 9.17) is 0 Å². The molecule has 1 aliphatic carbocycles. The Kier molecular flexibility index (Phi) is 4.55. The van der Waals surface area contributed by atoms with Crippen LogP contribution in [0.4, 0.5) is 18.9 Å². The summed E-state index contributed by atoms with van der Waals surface area (Å²) in [6.07, 6.45) is -1.32. The second kappa shape index (κ2) is 6.42. The first-order chi connectivity index (χ1) is 12.1. The molecule has 1 heterocycles. The second-order valence-corrected chi connectivity index (χ2v) is 8.02. The first-order valence-corrected chi connectivity index (χ1v) is 9.47. The monoisotopic (exact) mass is 388 g/mol. The molecule has 10 heteroatoms. The van der Waals surface area contributed by atoms with Crippen LogP contribution >= 0.6 is 0 Å². The topological polar surface area (TPSA) is 89.3 Å². The normalized spacial score (nSPS) is 15.1. The van der Waals surface area contributed by atoms with Gasteiger partial charge in [0.25, 0.3) is 0 Å². The van der Waals surface area contributed by atoms with Gasteiger partial charge in [-0.05, 0) is 43.4 Å². The van der Waals surface area contributed by atoms with E-state index < -0.39 is 33.2 Å². The van der Waals surface area contributed by atoms with E-state index in [-0.39, 0.29) is 28.4 Å². The van der Waals surface area contributed by atoms with Crippen molar-refractivity contribution in [2.45, 2.75) is 31.9 Å². The molecular formula is C16H15F3N2O4S. The van der Waals surface area contributed by atoms with Gasteiger partial charge in [-0.25, -0.2) is 8.42 Å². The molecule has 2 aromatic rings. The molecule has 1 saturated carbocycles. The van der Waals surface area contributed by atoms with Crippen LogP contribution in [0.3, 0.4) is 0 Å². The van der Waals surface area contributed by atoms with E-state index >= 15 is 0 Å². The number of rotatable bonds is 6. The maximum Gasteiger partial charge on any atom is 0.416 e. The van der Waals surface area contributed by atoms with Crippen molar-refractivity contribution in [3.05, 3.63) is 46.8 Å². The summed E-state index contributed by atoms with van der Waals surface area (Å²) in [5, 5.41) is 3.40. The van der Waals surface area contributed by atoms with E-state index in [1.165, 1.54) is 6.92 Å². The molecule has 26 heavy (non-hydrogen) atoms. The molecule has 0 aliphatic heterocycles. The van der Waals surface area contributed by atoms with Crippen molar-refractivity contribution in [1.29, 1.82) is 0 Å². The zero-order valence-corrected chi connectivity index (χ0v) is 14.4. The number of nitrogens with zero attached hydrogens (tertiary/aromatic N) is 1. The number of sulfonamides is 1. The summed E-state index contributed by atoms with van der Waals surface area (Å²) >= 11 is 0. The number of alkyl halides is 3. The molecule has 0 saturated heterocycles. The van der Waals surface area contributed by atoms with Gasteiger partial charge in [-0.15, -0.1) is 0 Å². The minimum atomic E-state index is -4.66. The van der Waals surface area contributed by atoms with Gasteiger partial charge in [0, 0.05) is 5.56 Å². The lowest BCUT2D eigenvalue weighted by atomic mass is 9.95. The highest BCUT2D eigenvalue weighted by Crippen LogP contribution is 2.47. The Labute approximate surface area is 147 Å². The predicted molar refractivity (Wildman–Crippen MR) is 86.4 cm³/mol. The van der Waals surface area contributed by atoms with Gasteiger partial charge < -0.3 is 4.52 Å². The van der Waals surface area contributed by atoms with Crippen molar-refractivity contribution in [2.24, 2.45) is 0 Å². The highest BCUT2D eigenvalue weighted by Gasteiger charge is 2.40. The number of halogens is 3. The Hall–Kier alpha value is -2.36. The van der Waals surface area contributed by atoms with Gasteiger partial charge in [-0.3, -0.25) is 9.52 Å². The molecular weight excluding hydrogens is 373 g/mol. The molecule has 1 fully saturated rings. The number of hydrogen-bond donors (Lipinski definition) is 1. The average molecular weight is 388 g/mol. The number of carbonyl (C=O) groups excluding carboxylic acids is 1. The van der Waals surface area contributed by atoms with Gasteiger partial charge in [0.1, 0.15) is 6.26 Å². The molecule has 0 amide bonds. The number of hydrogen-bond acceptors (Lipinski definition) is 5. The molecule has 0 unspecified atom stereocenters. The van der Waals surface area contributed by atoms with Crippen LogP contribution in [0.25, 0.3) is 0 Å². The van der Waals surface area contributed by atoms with E-state index in [9.17, 15) is 26.4 Å². The van der Waals surface area contributed by atoms with Gasteiger partial charge in [-0.1, -0.05) is 5.16 Å². The molecule has 140 valence electrons. The quantitative estimate of drug-likeness (QED) is 0.765. The Morgan fingerprint density at radius 3 is 2.54 bits per heavy atom. The van der Waals surface area contributed by atoms with Crippen molar-refractivity contribution < 1.29 is 30.9 Å². The van der Waals surface area contributed by atoms with Gasteiger partial charge in [0.05, 0.1) is 28.8 Å². The van der Waals surface area contributed by atoms with Crippen LogP contribution in [0, 0.1) is 0 Å². The predicted octanol–water partition coefficient (Wildman–Crippen LogP) is 3.56. The number of anilines is 1. The van der Waals surface area contributed by atoms with Crippen LogP contribution < -0.4 is 4.72 Å². The van der Waals surface area contributed by atoms with Crippen LogP contribution in [-0.2, 0) is 16.2 Å². The summed E-state index contributed by atoms with van der Waals surface area (Å²) in [5.41, 5.74) is -1.49. The zero-order chi connectivity index (χ0) is 19.1. The Morgan fingerprint density at radius 1 is 1.35 bits per heavy atom. The van der Waals surface area contributed by atoms with Crippen molar-refractivity contribution >= 4 is 21.5 Å². The Bertz CT molecular complexity index is 933. The third-order valence-corrected chi connectivity index (χ3v) is 5.39. The second-order valence-electron chi connectivity index (χ2n) is 6.00. The number of ketones is 1. The summed E-state index contributed by atoms with van der Waals surface area (Å²) in [5.74, 6) is -1.31. The first kappa shape index (κ1) is 18.4. The van der Waals surface area contributed by atoms with Crippen molar-refractivity contribution in [3.63, 3.8) is 0 Å². The number of carbonyl (C=O) groups is 1. The fourth-order valence-electron chi connectivity index (χ4n) is 2.58. The fourth-order valence-corrected chi connectivity index (χ4v) is 3.23. The number of nitrogens with one attached hydrogen (secondary N) is 1. The van der Waals surface area contributed by atoms with Crippen LogP contribution in [0.5, 0.6) is 0 Å². The Balaban J connectivity index is 2.19. The summed E-state index contributed by atoms with van der Waals surface area (Å²) in [6, 6.07) is 1.82. The average Bonchev–Trinajstić information content (AvgIpc) is 3.26. The van der Waals surface area contributed by atoms with Crippen LogP contribution in [-0.4, -0.2) is 25.1 Å². The van der Waals surface area contributed by atoms with Crippen molar-refractivity contribution in [3.8, 4) is 0 Å². The summed E-state index contributed by atoms with van der Waals surface area (Å²) in [7, 11) is -3.89. The molecule has 0 spiro atoms. The maximum absolute atomic E-state index is 13.5. The van der Waals surface area contributed by atoms with Gasteiger partial charge >= 0.3 is 6.18 Å². The molecule has 0 bridgehead atoms. The first-order valence-electron chi connectivity index (χ1n) is 7.82. The van der Waals surface area contributed by atoms with Gasteiger partial charge in [0.15, 0.2) is 5.78 Å². The van der Waals surface area contributed by atoms with Crippen LogP contribution in [0.1, 0.15) is 52.7 Å². The van der Waals surface area contributed by atoms with Gasteiger partial charge in [0.2, 0.25) is 10.0 Å². The molecule has 1 aromatic heterocycles. The molecule has 0 atom stereocenters. The minimum Gasteiger partial charge on any atom is -0.364 e. The molecule has 1 aromatic carbocycles. The largest absolute Gasteiger partial charge is 0.416 e. The lowest BCUT2D eigenvalue weighted by molar-refractivity contribution is -0.138. The highest BCUT2D eigenvalue weighted by atomic mass is 32.2. The maximum atomic E-state index is 13.5. The zero-order valence-electron chi connectivity index (χ0n) is 13.6. The summed E-state index contributed by atoms with van der Waals surface area (Å²) in [6.45, 7) is 1.34. The highest BCUT2D eigenvalue weighted by molar-refractivity contribution is 7.92. The SMILES string of the molecule is CCS(=O)(=O)Nc1cc(C(F)(F)F)c(C2CC2)cc1C(=O)c1cnoc1. The third-order valence-electron chi connectivity index (χ3n) is 4.10. The van der Waals surface area contributed by atoms with E-state index in [0.29, 0.717) is 18.9 Å². The molecule has 1 N–H and O–H groups in total. The summed E-state index contributed by atoms with van der Waals surface area (Å²) < 4.78 is 70.8. The molecule has 1 aliphatic rings. The van der Waals surface area contributed by atoms with E-state index in [1.807, 2.05) is 0 Å². The van der Waals surface area contributed by atoms with E-state index in [0.717, 1.165) is 18.5 Å². The molecule has 3 rings (SSSR count). The Morgan fingerprint density at radius 2 is 2.04 bits per heavy atom. The van der Waals surface area contributed by atoms with E-state index in [1.54, 1.807) is 0 Å². The molecule has 0 radical (unpaired) electrons. The number of benzene rings is 1. The fraction of sp³-hybridized carbons (Fsp3) is 0.375. The number of aromatic nitrogens is 1. The van der Waals surface area contributed by atoms with Crippen molar-refractivity contribution in [2.75, 3.05) is 10.5 Å². The third kappa shape index (κ3) is 3.74. The van der Waals surface area contributed by atoms with Crippen LogP contribution in [0.2, 0.25) is 0 Å². The smallest absolute Gasteiger partial charge is 0.364 e. The minimum absolute atomic E-state index is 0.00301. The lowest BCUT2D eigenvalue weighted by Gasteiger charge is -2.18. The van der Waals surface area contributed by atoms with Gasteiger partial charge in [-0.2, -0.15) is 13.2 Å². The van der Waals surface area contributed by atoms with E-state index in [2.05, 4.69) is 14.4 Å². The summed E-state index contributed by atoms with van der Waals surface area (Å²) in [4.78, 5) is 12.6. The standard InChI is InChI=1S/C16H15F3N2O4S/c1-2-26(23,24)21-14-6-13(16(17,18)19)11(9-3-4-9)5-12(14)15(22)10-7-20-25-8-10/h5-9,21H,2-4H2,1H3. The lowest BCUT2D eigenvalue weighted by Crippen LogP contribution is -2.19. The molecule has 6 nitrogen and oxygen atoms in total.